The number of nitrogens with zero attached hydrogens (tertiary/aromatic N) is 1. The van der Waals surface area contributed by atoms with Crippen molar-refractivity contribution < 1.29 is 5.11 Å². The highest BCUT2D eigenvalue weighted by molar-refractivity contribution is 7.99. The predicted molar refractivity (Wildman–Crippen MR) is 52.5 cm³/mol. The van der Waals surface area contributed by atoms with Crippen LogP contribution < -0.4 is 0 Å². The summed E-state index contributed by atoms with van der Waals surface area (Å²) in [6, 6.07) is 0. The first kappa shape index (κ1) is 8.53. The number of thioether (sulfide) groups is 1. The summed E-state index contributed by atoms with van der Waals surface area (Å²) in [5, 5.41) is 12.6. The van der Waals surface area contributed by atoms with Crippen LogP contribution in [-0.4, -0.2) is 15.8 Å². The Morgan fingerprint density at radius 2 is 2.58 bits per heavy atom. The minimum Gasteiger partial charge on any atom is -0.390 e. The molecule has 0 bridgehead atoms. The summed E-state index contributed by atoms with van der Waals surface area (Å²) >= 11 is 3.67. The quantitative estimate of drug-likeness (QED) is 0.796. The Balaban J connectivity index is 2.11. The first-order valence-electron chi connectivity index (χ1n) is 4.07. The standard InChI is InChI=1S/C8H11NOS2/c10-4-6-5-12-8(9-6)7-2-1-3-11-7/h5,7,10H,1-4H2. The molecule has 0 aromatic carbocycles. The van der Waals surface area contributed by atoms with Crippen LogP contribution in [-0.2, 0) is 6.61 Å². The Bertz CT molecular complexity index is 255. The molecule has 1 unspecified atom stereocenters. The SMILES string of the molecule is OCc1csc(C2CCCS2)n1. The minimum absolute atomic E-state index is 0.0773. The average molecular weight is 201 g/mol. The van der Waals surface area contributed by atoms with E-state index in [1.165, 1.54) is 23.6 Å². The van der Waals surface area contributed by atoms with Gasteiger partial charge >= 0.3 is 0 Å². The van der Waals surface area contributed by atoms with E-state index < -0.39 is 0 Å². The maximum Gasteiger partial charge on any atom is 0.106 e. The zero-order chi connectivity index (χ0) is 8.39. The Morgan fingerprint density at radius 1 is 1.67 bits per heavy atom. The number of aliphatic hydroxyl groups is 1. The second kappa shape index (κ2) is 3.77. The van der Waals surface area contributed by atoms with Crippen LogP contribution in [0.5, 0.6) is 0 Å². The maximum absolute atomic E-state index is 8.83. The lowest BCUT2D eigenvalue weighted by Gasteiger charge is -2.01. The van der Waals surface area contributed by atoms with E-state index in [4.69, 9.17) is 5.11 Å². The van der Waals surface area contributed by atoms with Gasteiger partial charge in [0.15, 0.2) is 0 Å². The summed E-state index contributed by atoms with van der Waals surface area (Å²) in [7, 11) is 0. The normalized spacial score (nSPS) is 23.2. The van der Waals surface area contributed by atoms with Gasteiger partial charge in [0, 0.05) is 5.38 Å². The van der Waals surface area contributed by atoms with Crippen LogP contribution in [0.25, 0.3) is 0 Å². The lowest BCUT2D eigenvalue weighted by molar-refractivity contribution is 0.277. The van der Waals surface area contributed by atoms with Gasteiger partial charge in [-0.15, -0.1) is 11.3 Å². The van der Waals surface area contributed by atoms with Crippen molar-refractivity contribution in [1.29, 1.82) is 0 Å². The number of aliphatic hydroxyl groups excluding tert-OH is 1. The fraction of sp³-hybridized carbons (Fsp3) is 0.625. The maximum atomic E-state index is 8.83. The molecule has 0 spiro atoms. The fourth-order valence-corrected chi connectivity index (χ4v) is 3.66. The zero-order valence-corrected chi connectivity index (χ0v) is 8.33. The monoisotopic (exact) mass is 201 g/mol. The highest BCUT2D eigenvalue weighted by Gasteiger charge is 2.20. The zero-order valence-electron chi connectivity index (χ0n) is 6.69. The number of hydrogen-bond acceptors (Lipinski definition) is 4. The molecule has 1 N–H and O–H groups in total. The van der Waals surface area contributed by atoms with E-state index >= 15 is 0 Å². The summed E-state index contributed by atoms with van der Waals surface area (Å²) in [6.07, 6.45) is 2.56. The van der Waals surface area contributed by atoms with Gasteiger partial charge in [-0.1, -0.05) is 0 Å². The van der Waals surface area contributed by atoms with Gasteiger partial charge in [-0.2, -0.15) is 11.8 Å². The third-order valence-electron chi connectivity index (χ3n) is 1.94. The Hall–Kier alpha value is -0.0600. The van der Waals surface area contributed by atoms with Crippen molar-refractivity contribution in [3.63, 3.8) is 0 Å². The van der Waals surface area contributed by atoms with Gasteiger partial charge in [0.1, 0.15) is 5.01 Å². The van der Waals surface area contributed by atoms with E-state index in [-0.39, 0.29) is 6.61 Å². The molecule has 1 aliphatic rings. The Morgan fingerprint density at radius 3 is 3.17 bits per heavy atom. The van der Waals surface area contributed by atoms with Gasteiger partial charge < -0.3 is 5.11 Å². The number of hydrogen-bond donors (Lipinski definition) is 1. The van der Waals surface area contributed by atoms with Crippen LogP contribution in [0.2, 0.25) is 0 Å². The van der Waals surface area contributed by atoms with Crippen LogP contribution in [0.3, 0.4) is 0 Å². The molecule has 2 nitrogen and oxygen atoms in total. The predicted octanol–water partition coefficient (Wildman–Crippen LogP) is 2.20. The summed E-state index contributed by atoms with van der Waals surface area (Å²) in [5.74, 6) is 1.26. The third kappa shape index (κ3) is 1.65. The molecule has 2 rings (SSSR count). The molecule has 1 aromatic heterocycles. The molecule has 0 radical (unpaired) electrons. The van der Waals surface area contributed by atoms with Gasteiger partial charge in [-0.3, -0.25) is 0 Å². The van der Waals surface area contributed by atoms with Gasteiger partial charge in [0.05, 0.1) is 17.6 Å². The van der Waals surface area contributed by atoms with Crippen molar-refractivity contribution in [2.24, 2.45) is 0 Å². The van der Waals surface area contributed by atoms with Crippen molar-refractivity contribution in [1.82, 2.24) is 4.98 Å². The first-order valence-corrected chi connectivity index (χ1v) is 6.00. The lowest BCUT2D eigenvalue weighted by atomic mass is 10.3. The molecule has 1 aromatic rings. The van der Waals surface area contributed by atoms with Crippen LogP contribution in [0.15, 0.2) is 5.38 Å². The molecule has 1 fully saturated rings. The highest BCUT2D eigenvalue weighted by atomic mass is 32.2. The van der Waals surface area contributed by atoms with E-state index in [9.17, 15) is 0 Å². The first-order chi connectivity index (χ1) is 5.90. The molecule has 2 heterocycles. The van der Waals surface area contributed by atoms with Crippen molar-refractivity contribution in [2.45, 2.75) is 24.7 Å². The molecule has 0 amide bonds. The smallest absolute Gasteiger partial charge is 0.106 e. The third-order valence-corrected chi connectivity index (χ3v) is 4.48. The van der Waals surface area contributed by atoms with E-state index in [0.717, 1.165) is 5.69 Å². The molecule has 12 heavy (non-hydrogen) atoms. The van der Waals surface area contributed by atoms with Gasteiger partial charge in [0.2, 0.25) is 0 Å². The van der Waals surface area contributed by atoms with Crippen LogP contribution in [0.1, 0.15) is 28.8 Å². The number of aromatic nitrogens is 1. The summed E-state index contributed by atoms with van der Waals surface area (Å²) in [5.41, 5.74) is 0.822. The van der Waals surface area contributed by atoms with Crippen molar-refractivity contribution >= 4 is 23.1 Å². The average Bonchev–Trinajstić information content (AvgIpc) is 2.75. The van der Waals surface area contributed by atoms with Crippen LogP contribution >= 0.6 is 23.1 Å². The van der Waals surface area contributed by atoms with E-state index in [0.29, 0.717) is 5.25 Å². The van der Waals surface area contributed by atoms with Gasteiger partial charge in [-0.25, -0.2) is 4.98 Å². The largest absolute Gasteiger partial charge is 0.390 e. The Labute approximate surface area is 80.0 Å². The Kier molecular flexibility index (Phi) is 2.68. The van der Waals surface area contributed by atoms with Crippen molar-refractivity contribution in [2.75, 3.05) is 5.75 Å². The molecule has 0 aliphatic carbocycles. The molecule has 1 aliphatic heterocycles. The number of rotatable bonds is 2. The second-order valence-electron chi connectivity index (χ2n) is 2.84. The van der Waals surface area contributed by atoms with Crippen LogP contribution in [0, 0.1) is 0 Å². The fourth-order valence-electron chi connectivity index (χ4n) is 1.32. The number of thiazole rings is 1. The highest BCUT2D eigenvalue weighted by Crippen LogP contribution is 2.40. The molecule has 1 atom stereocenters. The van der Waals surface area contributed by atoms with Crippen molar-refractivity contribution in [3.05, 3.63) is 16.1 Å². The van der Waals surface area contributed by atoms with Crippen LogP contribution in [0.4, 0.5) is 0 Å². The second-order valence-corrected chi connectivity index (χ2v) is 5.04. The summed E-state index contributed by atoms with van der Waals surface area (Å²) in [6.45, 7) is 0.0773. The van der Waals surface area contributed by atoms with Gasteiger partial charge in [0.25, 0.3) is 0 Å². The summed E-state index contributed by atoms with van der Waals surface area (Å²) in [4.78, 5) is 4.36. The molecule has 1 saturated heterocycles. The van der Waals surface area contributed by atoms with Crippen molar-refractivity contribution in [3.8, 4) is 0 Å². The molecule has 66 valence electrons. The minimum atomic E-state index is 0.0773. The molecular formula is C8H11NOS2. The molecule has 0 saturated carbocycles. The topological polar surface area (TPSA) is 33.1 Å². The lowest BCUT2D eigenvalue weighted by Crippen LogP contribution is -1.88. The van der Waals surface area contributed by atoms with E-state index in [1.54, 1.807) is 11.3 Å². The molecule has 4 heteroatoms. The molecular weight excluding hydrogens is 190 g/mol. The summed E-state index contributed by atoms with van der Waals surface area (Å²) < 4.78 is 0. The van der Waals surface area contributed by atoms with E-state index in [1.807, 2.05) is 17.1 Å². The van der Waals surface area contributed by atoms with E-state index in [2.05, 4.69) is 4.98 Å². The van der Waals surface area contributed by atoms with Gasteiger partial charge in [-0.05, 0) is 18.6 Å².